The van der Waals surface area contributed by atoms with Crippen LogP contribution in [-0.4, -0.2) is 24.5 Å². The van der Waals surface area contributed by atoms with Gasteiger partial charge in [0.05, 0.1) is 0 Å². The number of rotatable bonds is 7. The lowest BCUT2D eigenvalue weighted by Gasteiger charge is -2.09. The lowest BCUT2D eigenvalue weighted by Crippen LogP contribution is -2.26. The molecule has 2 aromatic carbocycles. The third-order valence-electron chi connectivity index (χ3n) is 4.35. The predicted octanol–water partition coefficient (Wildman–Crippen LogP) is 4.09. The minimum absolute atomic E-state index is 0.241. The van der Waals surface area contributed by atoms with Crippen molar-refractivity contribution in [2.45, 2.75) is 17.2 Å². The second-order valence-corrected chi connectivity index (χ2v) is 9.49. The predicted molar refractivity (Wildman–Crippen MR) is 117 cm³/mol. The number of aromatic nitrogens is 2. The maximum absolute atomic E-state index is 12.3. The number of anilines is 1. The highest BCUT2D eigenvalue weighted by Gasteiger charge is 2.19. The summed E-state index contributed by atoms with van der Waals surface area (Å²) in [4.78, 5) is 16.6. The zero-order valence-electron chi connectivity index (χ0n) is 16.3. The molecule has 158 valence electrons. The number of hydrogen-bond donors (Lipinski definition) is 2. The molecule has 0 aliphatic rings. The van der Waals surface area contributed by atoms with Crippen LogP contribution in [0.1, 0.15) is 29.2 Å². The molecule has 0 saturated carbocycles. The van der Waals surface area contributed by atoms with E-state index in [4.69, 9.17) is 4.52 Å². The fraction of sp³-hybridized carbons (Fsp3) is 0.0952. The average molecular weight is 455 g/mol. The molecule has 0 saturated heterocycles. The number of amides is 1. The number of nitrogens with zero attached hydrogens (tertiary/aromatic N) is 2. The molecular weight excluding hydrogens is 436 g/mol. The van der Waals surface area contributed by atoms with Gasteiger partial charge in [-0.25, -0.2) is 8.42 Å². The van der Waals surface area contributed by atoms with E-state index in [0.717, 1.165) is 11.3 Å². The number of hydrogen-bond acceptors (Lipinski definition) is 7. The van der Waals surface area contributed by atoms with Gasteiger partial charge in [-0.05, 0) is 54.8 Å². The third-order valence-corrected chi connectivity index (χ3v) is 7.13. The fourth-order valence-corrected chi connectivity index (χ4v) is 4.82. The van der Waals surface area contributed by atoms with E-state index in [9.17, 15) is 13.2 Å². The molecule has 0 spiro atoms. The average Bonchev–Trinajstić information content (AvgIpc) is 3.47. The van der Waals surface area contributed by atoms with E-state index in [2.05, 4.69) is 20.2 Å². The van der Waals surface area contributed by atoms with Crippen LogP contribution in [0.3, 0.4) is 0 Å². The van der Waals surface area contributed by atoms with Gasteiger partial charge in [0.15, 0.2) is 0 Å². The minimum atomic E-state index is -3.61. The standard InChI is InChI=1S/C21H18N4O4S2/c1-14(22-20(26)16-6-3-2-4-7-16)21-23-19(24-29-21)15-9-11-17(12-10-15)25-31(27,28)18-8-5-13-30-18/h2-14,25H,1H3,(H,22,26)/t14-/m1/s1. The Kier molecular flexibility index (Phi) is 5.83. The third kappa shape index (κ3) is 4.81. The molecule has 0 fully saturated rings. The van der Waals surface area contributed by atoms with Crippen LogP contribution in [0.15, 0.2) is 80.8 Å². The monoisotopic (exact) mass is 454 g/mol. The Hall–Kier alpha value is -3.50. The Morgan fingerprint density at radius 3 is 2.45 bits per heavy atom. The molecule has 10 heteroatoms. The second-order valence-electron chi connectivity index (χ2n) is 6.63. The highest BCUT2D eigenvalue weighted by Crippen LogP contribution is 2.24. The van der Waals surface area contributed by atoms with Crippen molar-refractivity contribution >= 4 is 33.0 Å². The van der Waals surface area contributed by atoms with Gasteiger partial charge in [0.2, 0.25) is 11.7 Å². The first-order valence-corrected chi connectivity index (χ1v) is 11.6. The van der Waals surface area contributed by atoms with E-state index in [-0.39, 0.29) is 16.0 Å². The van der Waals surface area contributed by atoms with Crippen LogP contribution >= 0.6 is 11.3 Å². The summed E-state index contributed by atoms with van der Waals surface area (Å²) < 4.78 is 32.7. The van der Waals surface area contributed by atoms with E-state index in [1.807, 2.05) is 6.07 Å². The van der Waals surface area contributed by atoms with Crippen molar-refractivity contribution in [3.8, 4) is 11.4 Å². The van der Waals surface area contributed by atoms with Gasteiger partial charge in [-0.3, -0.25) is 9.52 Å². The molecule has 0 radical (unpaired) electrons. The van der Waals surface area contributed by atoms with Crippen molar-refractivity contribution in [1.29, 1.82) is 0 Å². The Balaban J connectivity index is 1.43. The molecule has 2 heterocycles. The van der Waals surface area contributed by atoms with E-state index in [1.54, 1.807) is 73.0 Å². The van der Waals surface area contributed by atoms with Gasteiger partial charge < -0.3 is 9.84 Å². The van der Waals surface area contributed by atoms with Crippen molar-refractivity contribution in [2.24, 2.45) is 0 Å². The Bertz CT molecular complexity index is 1270. The molecule has 4 rings (SSSR count). The SMILES string of the molecule is C[C@@H](NC(=O)c1ccccc1)c1nc(-c2ccc(NS(=O)(=O)c3cccs3)cc2)no1. The van der Waals surface area contributed by atoms with Crippen LogP contribution in [0.25, 0.3) is 11.4 Å². The van der Waals surface area contributed by atoms with Gasteiger partial charge in [-0.2, -0.15) is 4.98 Å². The maximum atomic E-state index is 12.3. The molecule has 1 amide bonds. The topological polar surface area (TPSA) is 114 Å². The summed E-state index contributed by atoms with van der Waals surface area (Å²) in [6.07, 6.45) is 0. The molecule has 0 unspecified atom stereocenters. The summed E-state index contributed by atoms with van der Waals surface area (Å²) >= 11 is 1.14. The molecule has 1 atom stereocenters. The molecule has 31 heavy (non-hydrogen) atoms. The van der Waals surface area contributed by atoms with Crippen LogP contribution in [-0.2, 0) is 10.0 Å². The van der Waals surface area contributed by atoms with E-state index < -0.39 is 16.1 Å². The lowest BCUT2D eigenvalue weighted by atomic mass is 10.2. The summed E-state index contributed by atoms with van der Waals surface area (Å²) in [5, 5.41) is 8.48. The summed E-state index contributed by atoms with van der Waals surface area (Å²) in [7, 11) is -3.61. The molecular formula is C21H18N4O4S2. The lowest BCUT2D eigenvalue weighted by molar-refractivity contribution is 0.0932. The number of nitrogens with one attached hydrogen (secondary N) is 2. The van der Waals surface area contributed by atoms with Crippen LogP contribution < -0.4 is 10.0 Å². The van der Waals surface area contributed by atoms with Crippen molar-refractivity contribution in [1.82, 2.24) is 15.5 Å². The first kappa shape index (κ1) is 20.8. The van der Waals surface area contributed by atoms with Crippen molar-refractivity contribution in [3.63, 3.8) is 0 Å². The molecule has 0 aliphatic carbocycles. The maximum Gasteiger partial charge on any atom is 0.271 e. The van der Waals surface area contributed by atoms with Crippen LogP contribution in [0.4, 0.5) is 5.69 Å². The van der Waals surface area contributed by atoms with Gasteiger partial charge in [0.25, 0.3) is 15.9 Å². The van der Waals surface area contributed by atoms with Gasteiger partial charge in [-0.15, -0.1) is 11.3 Å². The molecule has 4 aromatic rings. The quantitative estimate of drug-likeness (QED) is 0.435. The Morgan fingerprint density at radius 2 is 1.77 bits per heavy atom. The van der Waals surface area contributed by atoms with Gasteiger partial charge in [0.1, 0.15) is 10.3 Å². The smallest absolute Gasteiger partial charge is 0.271 e. The van der Waals surface area contributed by atoms with E-state index in [1.165, 1.54) is 0 Å². The number of thiophene rings is 1. The fourth-order valence-electron chi connectivity index (χ4n) is 2.77. The number of sulfonamides is 1. The molecule has 2 aromatic heterocycles. The zero-order chi connectivity index (χ0) is 21.8. The number of benzene rings is 2. The van der Waals surface area contributed by atoms with Crippen molar-refractivity contribution in [3.05, 3.63) is 83.6 Å². The van der Waals surface area contributed by atoms with Gasteiger partial charge >= 0.3 is 0 Å². The zero-order valence-corrected chi connectivity index (χ0v) is 18.0. The van der Waals surface area contributed by atoms with Crippen LogP contribution in [0, 0.1) is 0 Å². The summed E-state index contributed by atoms with van der Waals surface area (Å²) in [5.41, 5.74) is 1.61. The number of carbonyl (C=O) groups is 1. The first-order chi connectivity index (χ1) is 14.9. The summed E-state index contributed by atoms with van der Waals surface area (Å²) in [6.45, 7) is 1.75. The van der Waals surface area contributed by atoms with Crippen molar-refractivity contribution < 1.29 is 17.7 Å². The second kappa shape index (κ2) is 8.70. The van der Waals surface area contributed by atoms with Crippen LogP contribution in [0.2, 0.25) is 0 Å². The van der Waals surface area contributed by atoms with E-state index >= 15 is 0 Å². The van der Waals surface area contributed by atoms with Gasteiger partial charge in [-0.1, -0.05) is 29.4 Å². The number of carbonyl (C=O) groups excluding carboxylic acids is 1. The van der Waals surface area contributed by atoms with E-state index in [0.29, 0.717) is 22.6 Å². The van der Waals surface area contributed by atoms with Crippen molar-refractivity contribution in [2.75, 3.05) is 4.72 Å². The Labute approximate surface area is 183 Å². The first-order valence-electron chi connectivity index (χ1n) is 9.29. The normalized spacial score (nSPS) is 12.3. The summed E-state index contributed by atoms with van der Waals surface area (Å²) in [6, 6.07) is 18.2. The molecule has 2 N–H and O–H groups in total. The Morgan fingerprint density at radius 1 is 1.03 bits per heavy atom. The molecule has 8 nitrogen and oxygen atoms in total. The van der Waals surface area contributed by atoms with Gasteiger partial charge in [0, 0.05) is 16.8 Å². The highest BCUT2D eigenvalue weighted by molar-refractivity contribution is 7.94. The highest BCUT2D eigenvalue weighted by atomic mass is 32.2. The van der Waals surface area contributed by atoms with Crippen LogP contribution in [0.5, 0.6) is 0 Å². The summed E-state index contributed by atoms with van der Waals surface area (Å²) in [5.74, 6) is 0.362. The molecule has 0 aliphatic heterocycles. The largest absolute Gasteiger partial charge is 0.341 e. The molecule has 0 bridgehead atoms. The minimum Gasteiger partial charge on any atom is -0.341 e.